The van der Waals surface area contributed by atoms with Gasteiger partial charge in [-0.15, -0.1) is 11.3 Å². The number of hydrogen-bond donors (Lipinski definition) is 1. The van der Waals surface area contributed by atoms with E-state index in [-0.39, 0.29) is 10.6 Å². The number of furan rings is 1. The van der Waals surface area contributed by atoms with Crippen molar-refractivity contribution in [1.82, 2.24) is 4.68 Å². The van der Waals surface area contributed by atoms with Crippen LogP contribution in [0.4, 0.5) is 5.69 Å². The third-order valence-electron chi connectivity index (χ3n) is 3.54. The highest BCUT2D eigenvalue weighted by Crippen LogP contribution is 2.32. The van der Waals surface area contributed by atoms with Gasteiger partial charge in [-0.2, -0.15) is 5.10 Å². The number of halogens is 1. The molecule has 0 saturated heterocycles. The van der Waals surface area contributed by atoms with Crippen LogP contribution in [0.1, 0.15) is 12.5 Å². The van der Waals surface area contributed by atoms with Gasteiger partial charge in [-0.05, 0) is 25.1 Å². The predicted molar refractivity (Wildman–Crippen MR) is 108 cm³/mol. The van der Waals surface area contributed by atoms with Gasteiger partial charge in [0.25, 0.3) is 0 Å². The van der Waals surface area contributed by atoms with E-state index >= 15 is 0 Å². The Bertz CT molecular complexity index is 1130. The fourth-order valence-corrected chi connectivity index (χ4v) is 3.32. The van der Waals surface area contributed by atoms with Crippen LogP contribution in [-0.4, -0.2) is 27.5 Å². The van der Waals surface area contributed by atoms with Gasteiger partial charge in [0.2, 0.25) is 10.6 Å². The number of phenols is 1. The summed E-state index contributed by atoms with van der Waals surface area (Å²) in [6.07, 6.45) is 2.82. The zero-order chi connectivity index (χ0) is 20.3. The molecule has 28 heavy (non-hydrogen) atoms. The first-order chi connectivity index (χ1) is 13.4. The van der Waals surface area contributed by atoms with Crippen LogP contribution in [0.15, 0.2) is 62.6 Å². The van der Waals surface area contributed by atoms with Crippen molar-refractivity contribution in [3.8, 4) is 17.2 Å². The molecule has 0 aliphatic heterocycles. The zero-order valence-corrected chi connectivity index (χ0v) is 16.3. The molecule has 0 radical (unpaired) electrons. The van der Waals surface area contributed by atoms with Gasteiger partial charge in [0.1, 0.15) is 5.69 Å². The average molecular weight is 419 g/mol. The fourth-order valence-electron chi connectivity index (χ4n) is 2.28. The van der Waals surface area contributed by atoms with E-state index < -0.39 is 16.4 Å². The molecule has 144 valence electrons. The first kappa shape index (κ1) is 19.6. The molecule has 0 spiro atoms. The third-order valence-corrected chi connectivity index (χ3v) is 4.61. The highest BCUT2D eigenvalue weighted by atomic mass is 35.5. The number of aromatic hydroxyl groups is 1. The number of nitro benzene ring substituents is 1. The topological polar surface area (TPSA) is 106 Å². The lowest BCUT2D eigenvalue weighted by Crippen LogP contribution is -2.12. The molecule has 2 heterocycles. The second-order valence-corrected chi connectivity index (χ2v) is 7.10. The normalized spacial score (nSPS) is 12.0. The van der Waals surface area contributed by atoms with E-state index in [0.717, 1.165) is 11.6 Å². The Balaban J connectivity index is 2.11. The van der Waals surface area contributed by atoms with Crippen molar-refractivity contribution in [2.24, 2.45) is 10.1 Å². The summed E-state index contributed by atoms with van der Waals surface area (Å²) in [5, 5.41) is 27.5. The van der Waals surface area contributed by atoms with Crippen molar-refractivity contribution in [3.63, 3.8) is 0 Å². The lowest BCUT2D eigenvalue weighted by molar-refractivity contribution is -0.385. The number of benzene rings is 1. The SMILES string of the molecule is C=C(C)CN=c1scc(-c2ccco2)n1N=Cc1cc(Cl)cc([N+](=O)[O-])c1O. The second-order valence-electron chi connectivity index (χ2n) is 5.83. The Morgan fingerprint density at radius 3 is 2.96 bits per heavy atom. The molecule has 0 bridgehead atoms. The van der Waals surface area contributed by atoms with Crippen LogP contribution in [0.25, 0.3) is 11.5 Å². The summed E-state index contributed by atoms with van der Waals surface area (Å²) in [6.45, 7) is 6.11. The second kappa shape index (κ2) is 8.24. The molecule has 2 aromatic heterocycles. The van der Waals surface area contributed by atoms with E-state index in [1.807, 2.05) is 12.3 Å². The van der Waals surface area contributed by atoms with Crippen LogP contribution in [-0.2, 0) is 0 Å². The van der Waals surface area contributed by atoms with Gasteiger partial charge in [0.05, 0.1) is 23.9 Å². The molecule has 0 amide bonds. The molecule has 0 saturated carbocycles. The van der Waals surface area contributed by atoms with E-state index in [1.54, 1.807) is 12.1 Å². The molecule has 1 N–H and O–H groups in total. The Morgan fingerprint density at radius 2 is 2.32 bits per heavy atom. The molecule has 3 aromatic rings. The van der Waals surface area contributed by atoms with Gasteiger partial charge in [-0.3, -0.25) is 15.1 Å². The van der Waals surface area contributed by atoms with Gasteiger partial charge in [0, 0.05) is 22.0 Å². The van der Waals surface area contributed by atoms with E-state index in [2.05, 4.69) is 16.7 Å². The fraction of sp³-hybridized carbons (Fsp3) is 0.111. The number of thiazole rings is 1. The molecule has 0 aliphatic carbocycles. The van der Waals surface area contributed by atoms with Crippen molar-refractivity contribution >= 4 is 34.8 Å². The van der Waals surface area contributed by atoms with E-state index in [0.29, 0.717) is 22.8 Å². The summed E-state index contributed by atoms with van der Waals surface area (Å²) in [7, 11) is 0. The summed E-state index contributed by atoms with van der Waals surface area (Å²) in [5.74, 6) is 0.0559. The van der Waals surface area contributed by atoms with Crippen LogP contribution in [0.3, 0.4) is 0 Å². The van der Waals surface area contributed by atoms with Gasteiger partial charge in [-0.1, -0.05) is 23.8 Å². The van der Waals surface area contributed by atoms with Crippen molar-refractivity contribution in [2.45, 2.75) is 6.92 Å². The van der Waals surface area contributed by atoms with Gasteiger partial charge in [0.15, 0.2) is 5.76 Å². The monoisotopic (exact) mass is 418 g/mol. The molecule has 10 heteroatoms. The first-order valence-electron chi connectivity index (χ1n) is 7.97. The van der Waals surface area contributed by atoms with E-state index in [4.69, 9.17) is 16.0 Å². The van der Waals surface area contributed by atoms with Crippen LogP contribution < -0.4 is 4.80 Å². The molecular formula is C18H15ClN4O4S. The number of aromatic nitrogens is 1. The maximum absolute atomic E-state index is 11.1. The standard InChI is InChI=1S/C18H15ClN4O4S/c1-11(2)8-20-18-22(15(10-28-18)16-4-3-5-27-16)21-9-12-6-13(19)7-14(17(12)24)23(25)26/h3-7,9-10,24H,1,8H2,2H3. The summed E-state index contributed by atoms with van der Waals surface area (Å²) < 4.78 is 6.96. The summed E-state index contributed by atoms with van der Waals surface area (Å²) in [6, 6.07) is 5.99. The molecule has 1 aromatic carbocycles. The Hall–Kier alpha value is -3.17. The number of phenolic OH excluding ortho intramolecular Hbond substituents is 1. The van der Waals surface area contributed by atoms with Crippen LogP contribution in [0.5, 0.6) is 5.75 Å². The van der Waals surface area contributed by atoms with Crippen molar-refractivity contribution < 1.29 is 14.4 Å². The average Bonchev–Trinajstić information content (AvgIpc) is 3.29. The quantitative estimate of drug-likeness (QED) is 0.276. The van der Waals surface area contributed by atoms with Crippen molar-refractivity contribution in [1.29, 1.82) is 0 Å². The largest absolute Gasteiger partial charge is 0.502 e. The molecule has 3 rings (SSSR count). The van der Waals surface area contributed by atoms with Gasteiger partial charge < -0.3 is 9.52 Å². The smallest absolute Gasteiger partial charge is 0.312 e. The maximum atomic E-state index is 11.1. The van der Waals surface area contributed by atoms with Gasteiger partial charge in [-0.25, -0.2) is 4.68 Å². The predicted octanol–water partition coefficient (Wildman–Crippen LogP) is 4.44. The number of hydrogen-bond acceptors (Lipinski definition) is 7. The molecule has 0 fully saturated rings. The minimum Gasteiger partial charge on any atom is -0.502 e. The molecular weight excluding hydrogens is 404 g/mol. The molecule has 8 nitrogen and oxygen atoms in total. The minimum atomic E-state index is -0.710. The van der Waals surface area contributed by atoms with Crippen molar-refractivity contribution in [2.75, 3.05) is 6.54 Å². The Morgan fingerprint density at radius 1 is 1.54 bits per heavy atom. The van der Waals surface area contributed by atoms with Crippen LogP contribution in [0, 0.1) is 10.1 Å². The summed E-state index contributed by atoms with van der Waals surface area (Å²) in [4.78, 5) is 15.4. The van der Waals surface area contributed by atoms with Crippen LogP contribution in [0.2, 0.25) is 5.02 Å². The number of rotatable bonds is 6. The molecule has 0 aliphatic rings. The van der Waals surface area contributed by atoms with Gasteiger partial charge >= 0.3 is 5.69 Å². The molecule has 0 unspecified atom stereocenters. The number of nitrogens with zero attached hydrogens (tertiary/aromatic N) is 4. The summed E-state index contributed by atoms with van der Waals surface area (Å²) in [5.41, 5.74) is 1.13. The lowest BCUT2D eigenvalue weighted by Gasteiger charge is -2.03. The van der Waals surface area contributed by atoms with Crippen LogP contribution >= 0.6 is 22.9 Å². The van der Waals surface area contributed by atoms with E-state index in [9.17, 15) is 15.2 Å². The lowest BCUT2D eigenvalue weighted by atomic mass is 10.2. The first-order valence-corrected chi connectivity index (χ1v) is 9.23. The zero-order valence-electron chi connectivity index (χ0n) is 14.7. The highest BCUT2D eigenvalue weighted by molar-refractivity contribution is 7.07. The minimum absolute atomic E-state index is 0.106. The van der Waals surface area contributed by atoms with E-state index in [1.165, 1.54) is 34.6 Å². The Labute approximate surface area is 168 Å². The molecule has 0 atom stereocenters. The summed E-state index contributed by atoms with van der Waals surface area (Å²) >= 11 is 7.28. The highest BCUT2D eigenvalue weighted by Gasteiger charge is 2.18. The Kier molecular flexibility index (Phi) is 5.76. The third kappa shape index (κ3) is 4.21. The van der Waals surface area contributed by atoms with Crippen molar-refractivity contribution in [3.05, 3.63) is 73.6 Å². The maximum Gasteiger partial charge on any atom is 0.312 e. The number of nitro groups is 1.